The van der Waals surface area contributed by atoms with Crippen molar-refractivity contribution in [2.75, 3.05) is 5.73 Å². The number of carbonyl (C=O) groups excluding carboxylic acids is 1. The summed E-state index contributed by atoms with van der Waals surface area (Å²) in [5, 5.41) is 4.08. The van der Waals surface area contributed by atoms with E-state index in [-0.39, 0.29) is 11.9 Å². The van der Waals surface area contributed by atoms with Gasteiger partial charge in [-0.2, -0.15) is 0 Å². The molecule has 1 aromatic heterocycles. The van der Waals surface area contributed by atoms with Crippen molar-refractivity contribution in [1.82, 2.24) is 10.3 Å². The molecular weight excluding hydrogens is 250 g/mol. The SMILES string of the molecule is CC(NC(=O)c1cc2cccc(N)c2[nH]1)C1CCCC1. The molecule has 0 radical (unpaired) electrons. The minimum absolute atomic E-state index is 0.0417. The molecule has 1 atom stereocenters. The Balaban J connectivity index is 1.76. The molecule has 106 valence electrons. The van der Waals surface area contributed by atoms with Crippen LogP contribution in [0.3, 0.4) is 0 Å². The van der Waals surface area contributed by atoms with Crippen molar-refractivity contribution < 1.29 is 4.79 Å². The van der Waals surface area contributed by atoms with Crippen molar-refractivity contribution in [1.29, 1.82) is 0 Å². The van der Waals surface area contributed by atoms with Gasteiger partial charge in [0.1, 0.15) is 5.69 Å². The maximum atomic E-state index is 12.3. The third kappa shape index (κ3) is 2.38. The lowest BCUT2D eigenvalue weighted by Gasteiger charge is -2.19. The quantitative estimate of drug-likeness (QED) is 0.751. The lowest BCUT2D eigenvalue weighted by atomic mass is 10.00. The zero-order valence-electron chi connectivity index (χ0n) is 11.8. The fourth-order valence-electron chi connectivity index (χ4n) is 3.16. The molecule has 0 aliphatic heterocycles. The predicted molar refractivity (Wildman–Crippen MR) is 81.6 cm³/mol. The van der Waals surface area contributed by atoms with E-state index in [1.165, 1.54) is 25.7 Å². The Morgan fingerprint density at radius 2 is 2.15 bits per heavy atom. The van der Waals surface area contributed by atoms with Gasteiger partial charge in [0.2, 0.25) is 0 Å². The second-order valence-corrected chi connectivity index (χ2v) is 5.80. The van der Waals surface area contributed by atoms with Crippen LogP contribution in [0.15, 0.2) is 24.3 Å². The van der Waals surface area contributed by atoms with Gasteiger partial charge in [-0.3, -0.25) is 4.79 Å². The lowest BCUT2D eigenvalue weighted by molar-refractivity contribution is 0.0923. The minimum atomic E-state index is -0.0417. The van der Waals surface area contributed by atoms with E-state index in [1.807, 2.05) is 24.3 Å². The van der Waals surface area contributed by atoms with Crippen molar-refractivity contribution >= 4 is 22.5 Å². The Bertz CT molecular complexity index is 626. The molecule has 1 unspecified atom stereocenters. The van der Waals surface area contributed by atoms with E-state index in [1.54, 1.807) is 0 Å². The van der Waals surface area contributed by atoms with Gasteiger partial charge in [0.15, 0.2) is 0 Å². The number of nitrogen functional groups attached to an aromatic ring is 1. The Hall–Kier alpha value is -1.97. The largest absolute Gasteiger partial charge is 0.397 e. The number of hydrogen-bond donors (Lipinski definition) is 3. The maximum Gasteiger partial charge on any atom is 0.267 e. The van der Waals surface area contributed by atoms with Gasteiger partial charge in [-0.15, -0.1) is 0 Å². The highest BCUT2D eigenvalue weighted by atomic mass is 16.1. The van der Waals surface area contributed by atoms with Gasteiger partial charge in [0.05, 0.1) is 11.2 Å². The average molecular weight is 271 g/mol. The topological polar surface area (TPSA) is 70.9 Å². The first-order chi connectivity index (χ1) is 9.65. The van der Waals surface area contributed by atoms with Crippen molar-refractivity contribution in [2.45, 2.75) is 38.6 Å². The molecule has 2 aromatic rings. The van der Waals surface area contributed by atoms with Crippen LogP contribution < -0.4 is 11.1 Å². The third-order valence-electron chi connectivity index (χ3n) is 4.40. The molecule has 4 heteroatoms. The number of fused-ring (bicyclic) bond motifs is 1. The molecule has 3 rings (SSSR count). The molecule has 4 N–H and O–H groups in total. The van der Waals surface area contributed by atoms with E-state index < -0.39 is 0 Å². The highest BCUT2D eigenvalue weighted by Crippen LogP contribution is 2.28. The van der Waals surface area contributed by atoms with Crippen LogP contribution in [0.2, 0.25) is 0 Å². The first-order valence-corrected chi connectivity index (χ1v) is 7.33. The number of para-hydroxylation sites is 1. The fraction of sp³-hybridized carbons (Fsp3) is 0.438. The third-order valence-corrected chi connectivity index (χ3v) is 4.40. The Kier molecular flexibility index (Phi) is 3.38. The summed E-state index contributed by atoms with van der Waals surface area (Å²) in [6.45, 7) is 2.10. The monoisotopic (exact) mass is 271 g/mol. The van der Waals surface area contributed by atoms with Gasteiger partial charge in [-0.05, 0) is 37.8 Å². The first kappa shape index (κ1) is 13.0. The summed E-state index contributed by atoms with van der Waals surface area (Å²) in [7, 11) is 0. The van der Waals surface area contributed by atoms with Crippen LogP contribution in [-0.2, 0) is 0 Å². The second kappa shape index (κ2) is 5.19. The van der Waals surface area contributed by atoms with Gasteiger partial charge in [0.25, 0.3) is 5.91 Å². The molecule has 1 aliphatic carbocycles. The molecule has 1 saturated carbocycles. The van der Waals surface area contributed by atoms with E-state index in [4.69, 9.17) is 5.73 Å². The Morgan fingerprint density at radius 3 is 2.85 bits per heavy atom. The predicted octanol–water partition coefficient (Wildman–Crippen LogP) is 3.06. The highest BCUT2D eigenvalue weighted by Gasteiger charge is 2.23. The van der Waals surface area contributed by atoms with E-state index in [2.05, 4.69) is 17.2 Å². The molecule has 1 heterocycles. The molecule has 0 spiro atoms. The van der Waals surface area contributed by atoms with Gasteiger partial charge < -0.3 is 16.0 Å². The van der Waals surface area contributed by atoms with Crippen molar-refractivity contribution in [3.05, 3.63) is 30.0 Å². The van der Waals surface area contributed by atoms with Crippen LogP contribution in [0.1, 0.15) is 43.1 Å². The number of H-pyrrole nitrogens is 1. The molecule has 0 saturated heterocycles. The zero-order chi connectivity index (χ0) is 14.1. The normalized spacial score (nSPS) is 17.4. The van der Waals surface area contributed by atoms with Crippen molar-refractivity contribution in [3.8, 4) is 0 Å². The van der Waals surface area contributed by atoms with E-state index in [9.17, 15) is 4.79 Å². The number of rotatable bonds is 3. The van der Waals surface area contributed by atoms with Crippen LogP contribution >= 0.6 is 0 Å². The summed E-state index contributed by atoms with van der Waals surface area (Å²) in [4.78, 5) is 15.4. The number of nitrogens with two attached hydrogens (primary N) is 1. The lowest BCUT2D eigenvalue weighted by Crippen LogP contribution is -2.37. The molecule has 4 nitrogen and oxygen atoms in total. The Morgan fingerprint density at radius 1 is 1.40 bits per heavy atom. The number of aromatic amines is 1. The summed E-state index contributed by atoms with van der Waals surface area (Å²) in [5.74, 6) is 0.577. The molecule has 0 bridgehead atoms. The van der Waals surface area contributed by atoms with Crippen LogP contribution in [0, 0.1) is 5.92 Å². The number of nitrogens with one attached hydrogen (secondary N) is 2. The van der Waals surface area contributed by atoms with Crippen molar-refractivity contribution in [2.24, 2.45) is 5.92 Å². The van der Waals surface area contributed by atoms with Gasteiger partial charge >= 0.3 is 0 Å². The van der Waals surface area contributed by atoms with Gasteiger partial charge in [-0.1, -0.05) is 25.0 Å². The number of anilines is 1. The number of benzene rings is 1. The molecule has 1 amide bonds. The van der Waals surface area contributed by atoms with Crippen molar-refractivity contribution in [3.63, 3.8) is 0 Å². The number of aromatic nitrogens is 1. The second-order valence-electron chi connectivity index (χ2n) is 5.80. The van der Waals surface area contributed by atoms with E-state index in [0.29, 0.717) is 17.3 Å². The first-order valence-electron chi connectivity index (χ1n) is 7.33. The van der Waals surface area contributed by atoms with Crippen LogP contribution in [-0.4, -0.2) is 16.9 Å². The van der Waals surface area contributed by atoms with Crippen LogP contribution in [0.4, 0.5) is 5.69 Å². The molecule has 1 aliphatic rings. The minimum Gasteiger partial charge on any atom is -0.397 e. The standard InChI is InChI=1S/C16H21N3O/c1-10(11-5-2-3-6-11)18-16(20)14-9-12-7-4-8-13(17)15(12)19-14/h4,7-11,19H,2-3,5-6,17H2,1H3,(H,18,20). The number of hydrogen-bond acceptors (Lipinski definition) is 2. The van der Waals surface area contributed by atoms with Gasteiger partial charge in [0, 0.05) is 11.4 Å². The molecule has 1 fully saturated rings. The van der Waals surface area contributed by atoms with Gasteiger partial charge in [-0.25, -0.2) is 0 Å². The molecule has 20 heavy (non-hydrogen) atoms. The summed E-state index contributed by atoms with van der Waals surface area (Å²) in [6, 6.07) is 7.78. The summed E-state index contributed by atoms with van der Waals surface area (Å²) >= 11 is 0. The van der Waals surface area contributed by atoms with E-state index >= 15 is 0 Å². The average Bonchev–Trinajstić information content (AvgIpc) is 3.08. The van der Waals surface area contributed by atoms with Crippen LogP contribution in [0.25, 0.3) is 10.9 Å². The smallest absolute Gasteiger partial charge is 0.267 e. The van der Waals surface area contributed by atoms with E-state index in [0.717, 1.165) is 10.9 Å². The summed E-state index contributed by atoms with van der Waals surface area (Å²) in [5.41, 5.74) is 8.00. The Labute approximate surface area is 118 Å². The number of amides is 1. The summed E-state index contributed by atoms with van der Waals surface area (Å²) in [6.07, 6.45) is 5.02. The number of carbonyl (C=O) groups is 1. The zero-order valence-corrected chi connectivity index (χ0v) is 11.8. The molecular formula is C16H21N3O. The highest BCUT2D eigenvalue weighted by molar-refractivity contribution is 6.00. The molecule has 1 aromatic carbocycles. The van der Waals surface area contributed by atoms with Crippen LogP contribution in [0.5, 0.6) is 0 Å². The maximum absolute atomic E-state index is 12.3. The summed E-state index contributed by atoms with van der Waals surface area (Å²) < 4.78 is 0. The fourth-order valence-corrected chi connectivity index (χ4v) is 3.16.